The van der Waals surface area contributed by atoms with Gasteiger partial charge in [-0.2, -0.15) is 0 Å². The molecule has 0 saturated heterocycles. The van der Waals surface area contributed by atoms with Crippen molar-refractivity contribution in [1.82, 2.24) is 5.32 Å². The molecule has 4 heteroatoms. The number of amides is 1. The average Bonchev–Trinajstić information content (AvgIpc) is 3.17. The monoisotopic (exact) mass is 281 g/mol. The third-order valence-electron chi connectivity index (χ3n) is 3.57. The molecule has 0 bridgehead atoms. The zero-order valence-corrected chi connectivity index (χ0v) is 11.9. The van der Waals surface area contributed by atoms with Gasteiger partial charge in [-0.25, -0.2) is 0 Å². The second-order valence-electron chi connectivity index (χ2n) is 5.16. The molecule has 1 aliphatic rings. The highest BCUT2D eigenvalue weighted by molar-refractivity contribution is 6.31. The minimum Gasteiger partial charge on any atom is -0.391 e. The zero-order valence-electron chi connectivity index (χ0n) is 11.1. The van der Waals surface area contributed by atoms with Gasteiger partial charge in [-0.15, -0.1) is 0 Å². The Hall–Kier alpha value is -1.06. The van der Waals surface area contributed by atoms with E-state index in [1.54, 1.807) is 0 Å². The van der Waals surface area contributed by atoms with Crippen molar-refractivity contribution in [3.8, 4) is 0 Å². The van der Waals surface area contributed by atoms with E-state index in [4.69, 9.17) is 11.6 Å². The Morgan fingerprint density at radius 1 is 1.53 bits per heavy atom. The van der Waals surface area contributed by atoms with Gasteiger partial charge < -0.3 is 10.4 Å². The quantitative estimate of drug-likeness (QED) is 0.842. The van der Waals surface area contributed by atoms with Gasteiger partial charge in [0.1, 0.15) is 0 Å². The lowest BCUT2D eigenvalue weighted by atomic mass is 10.1. The van der Waals surface area contributed by atoms with Gasteiger partial charge in [0.2, 0.25) is 5.91 Å². The molecule has 104 valence electrons. The Labute approximate surface area is 119 Å². The summed E-state index contributed by atoms with van der Waals surface area (Å²) in [5.74, 6) is 0.269. The molecule has 1 aromatic carbocycles. The lowest BCUT2D eigenvalue weighted by Crippen LogP contribution is -2.33. The third-order valence-corrected chi connectivity index (χ3v) is 3.91. The molecule has 0 radical (unpaired) electrons. The molecule has 1 fully saturated rings. The third kappa shape index (κ3) is 3.71. The number of benzene rings is 1. The van der Waals surface area contributed by atoms with Crippen molar-refractivity contribution in [1.29, 1.82) is 0 Å². The first-order valence-electron chi connectivity index (χ1n) is 6.83. The van der Waals surface area contributed by atoms with Crippen molar-refractivity contribution in [2.24, 2.45) is 5.92 Å². The molecule has 1 aliphatic carbocycles. The Bertz CT molecular complexity index is 450. The van der Waals surface area contributed by atoms with Crippen LogP contribution in [0.1, 0.15) is 37.7 Å². The first-order valence-corrected chi connectivity index (χ1v) is 7.21. The molecule has 2 rings (SSSR count). The summed E-state index contributed by atoms with van der Waals surface area (Å²) in [5.41, 5.74) is 1.05. The Morgan fingerprint density at radius 2 is 2.26 bits per heavy atom. The van der Waals surface area contributed by atoms with Crippen LogP contribution in [0.4, 0.5) is 0 Å². The number of nitrogens with one attached hydrogen (secondary N) is 1. The smallest absolute Gasteiger partial charge is 0.223 e. The number of hydrogen-bond acceptors (Lipinski definition) is 2. The van der Waals surface area contributed by atoms with Crippen molar-refractivity contribution in [3.63, 3.8) is 0 Å². The topological polar surface area (TPSA) is 49.3 Å². The standard InChI is InChI=1S/C15H20ClNO2/c1-2-5-10(18)9-17-15(19)13-8-12(13)11-6-3-4-7-14(11)16/h3-4,6-7,10,12-13,18H,2,5,8-9H2,1H3,(H,17,19). The maximum Gasteiger partial charge on any atom is 0.223 e. The highest BCUT2D eigenvalue weighted by Crippen LogP contribution is 2.49. The van der Waals surface area contributed by atoms with Crippen LogP contribution in [0.3, 0.4) is 0 Å². The molecule has 19 heavy (non-hydrogen) atoms. The Balaban J connectivity index is 1.82. The van der Waals surface area contributed by atoms with Crippen LogP contribution in [-0.4, -0.2) is 23.7 Å². The number of halogens is 1. The van der Waals surface area contributed by atoms with E-state index in [1.807, 2.05) is 31.2 Å². The SMILES string of the molecule is CCCC(O)CNC(=O)C1CC1c1ccccc1Cl. The Morgan fingerprint density at radius 3 is 2.95 bits per heavy atom. The van der Waals surface area contributed by atoms with Gasteiger partial charge in [-0.1, -0.05) is 43.1 Å². The van der Waals surface area contributed by atoms with E-state index in [2.05, 4.69) is 5.32 Å². The summed E-state index contributed by atoms with van der Waals surface area (Å²) in [6, 6.07) is 7.67. The molecule has 3 atom stereocenters. The number of rotatable bonds is 6. The molecule has 2 N–H and O–H groups in total. The van der Waals surface area contributed by atoms with E-state index in [-0.39, 0.29) is 17.7 Å². The fourth-order valence-electron chi connectivity index (χ4n) is 2.39. The van der Waals surface area contributed by atoms with Gasteiger partial charge in [-0.05, 0) is 30.4 Å². The fourth-order valence-corrected chi connectivity index (χ4v) is 2.66. The predicted molar refractivity (Wildman–Crippen MR) is 76.2 cm³/mol. The van der Waals surface area contributed by atoms with E-state index in [1.165, 1.54) is 0 Å². The van der Waals surface area contributed by atoms with Crippen LogP contribution in [-0.2, 0) is 4.79 Å². The normalized spacial score (nSPS) is 22.9. The number of aliphatic hydroxyl groups is 1. The van der Waals surface area contributed by atoms with Gasteiger partial charge in [0.15, 0.2) is 0 Å². The van der Waals surface area contributed by atoms with Crippen molar-refractivity contribution in [2.75, 3.05) is 6.54 Å². The first kappa shape index (κ1) is 14.4. The minimum atomic E-state index is -0.438. The summed E-state index contributed by atoms with van der Waals surface area (Å²) in [7, 11) is 0. The van der Waals surface area contributed by atoms with Crippen molar-refractivity contribution >= 4 is 17.5 Å². The summed E-state index contributed by atoms with van der Waals surface area (Å²) < 4.78 is 0. The van der Waals surface area contributed by atoms with Gasteiger partial charge in [-0.3, -0.25) is 4.79 Å². The summed E-state index contributed by atoms with van der Waals surface area (Å²) in [6.07, 6.45) is 2.05. The molecule has 3 unspecified atom stereocenters. The van der Waals surface area contributed by atoms with E-state index < -0.39 is 6.10 Å². The van der Waals surface area contributed by atoms with Crippen LogP contribution in [0.15, 0.2) is 24.3 Å². The number of carbonyl (C=O) groups is 1. The molecule has 1 saturated carbocycles. The second kappa shape index (κ2) is 6.40. The second-order valence-corrected chi connectivity index (χ2v) is 5.57. The van der Waals surface area contributed by atoms with Crippen LogP contribution in [0, 0.1) is 5.92 Å². The molecule has 0 aliphatic heterocycles. The van der Waals surface area contributed by atoms with Crippen molar-refractivity contribution < 1.29 is 9.90 Å². The fraction of sp³-hybridized carbons (Fsp3) is 0.533. The maximum atomic E-state index is 11.9. The van der Waals surface area contributed by atoms with Gasteiger partial charge in [0.25, 0.3) is 0 Å². The van der Waals surface area contributed by atoms with Crippen LogP contribution in [0.25, 0.3) is 0 Å². The molecule has 0 heterocycles. The summed E-state index contributed by atoms with van der Waals surface area (Å²) in [6.45, 7) is 2.36. The zero-order chi connectivity index (χ0) is 13.8. The highest BCUT2D eigenvalue weighted by Gasteiger charge is 2.44. The largest absolute Gasteiger partial charge is 0.391 e. The van der Waals surface area contributed by atoms with Gasteiger partial charge in [0.05, 0.1) is 6.10 Å². The molecule has 0 spiro atoms. The lowest BCUT2D eigenvalue weighted by Gasteiger charge is -2.10. The minimum absolute atomic E-state index is 0.00808. The molecular weight excluding hydrogens is 262 g/mol. The Kier molecular flexibility index (Phi) is 4.83. The van der Waals surface area contributed by atoms with Crippen LogP contribution >= 0.6 is 11.6 Å². The maximum absolute atomic E-state index is 11.9. The predicted octanol–water partition coefficient (Wildman–Crippen LogP) is 2.72. The summed E-state index contributed by atoms with van der Waals surface area (Å²) >= 11 is 6.13. The van der Waals surface area contributed by atoms with E-state index in [0.29, 0.717) is 6.54 Å². The lowest BCUT2D eigenvalue weighted by molar-refractivity contribution is -0.122. The van der Waals surface area contributed by atoms with E-state index in [9.17, 15) is 9.90 Å². The van der Waals surface area contributed by atoms with Crippen molar-refractivity contribution in [2.45, 2.75) is 38.2 Å². The summed E-state index contributed by atoms with van der Waals surface area (Å²) in [4.78, 5) is 11.9. The number of hydrogen-bond donors (Lipinski definition) is 2. The van der Waals surface area contributed by atoms with E-state index >= 15 is 0 Å². The van der Waals surface area contributed by atoms with Crippen LogP contribution < -0.4 is 5.32 Å². The molecule has 1 amide bonds. The molecule has 1 aromatic rings. The average molecular weight is 282 g/mol. The number of aliphatic hydroxyl groups excluding tert-OH is 1. The molecule has 3 nitrogen and oxygen atoms in total. The van der Waals surface area contributed by atoms with Crippen LogP contribution in [0.2, 0.25) is 5.02 Å². The molecule has 0 aromatic heterocycles. The van der Waals surface area contributed by atoms with Crippen molar-refractivity contribution in [3.05, 3.63) is 34.9 Å². The first-order chi connectivity index (χ1) is 9.13. The molecular formula is C15H20ClNO2. The van der Waals surface area contributed by atoms with Crippen LogP contribution in [0.5, 0.6) is 0 Å². The number of carbonyl (C=O) groups excluding carboxylic acids is 1. The van der Waals surface area contributed by atoms with Gasteiger partial charge in [0, 0.05) is 17.5 Å². The van der Waals surface area contributed by atoms with Gasteiger partial charge >= 0.3 is 0 Å². The summed E-state index contributed by atoms with van der Waals surface area (Å²) in [5, 5.41) is 13.1. The van der Waals surface area contributed by atoms with E-state index in [0.717, 1.165) is 29.8 Å². The highest BCUT2D eigenvalue weighted by atomic mass is 35.5.